The van der Waals surface area contributed by atoms with E-state index in [1.807, 2.05) is 0 Å². The van der Waals surface area contributed by atoms with Gasteiger partial charge in [0.05, 0.1) is 38.4 Å². The molecule has 0 aliphatic heterocycles. The Morgan fingerprint density at radius 2 is 1.69 bits per heavy atom. The highest BCUT2D eigenvalue weighted by Crippen LogP contribution is 2.37. The number of amides is 1. The Morgan fingerprint density at radius 1 is 0.976 bits per heavy atom. The first-order valence-corrected chi connectivity index (χ1v) is 16.0. The van der Waals surface area contributed by atoms with Gasteiger partial charge in [0.2, 0.25) is 0 Å². The first-order chi connectivity index (χ1) is 20.1. The minimum Gasteiger partial charge on any atom is -0.493 e. The lowest BCUT2D eigenvalue weighted by molar-refractivity contribution is -0.119. The summed E-state index contributed by atoms with van der Waals surface area (Å²) in [5.41, 5.74) is 4.13. The molecule has 8 nitrogen and oxygen atoms in total. The predicted octanol–water partition coefficient (Wildman–Crippen LogP) is 7.45. The van der Waals surface area contributed by atoms with Crippen molar-refractivity contribution in [3.63, 3.8) is 0 Å². The third-order valence-corrected chi connectivity index (χ3v) is 9.40. The number of rotatable bonds is 11. The Labute approximate surface area is 270 Å². The van der Waals surface area contributed by atoms with E-state index in [0.717, 1.165) is 14.3 Å². The average molecular weight is 756 g/mol. The Morgan fingerprint density at radius 3 is 2.36 bits per heavy atom. The van der Waals surface area contributed by atoms with Gasteiger partial charge in [-0.2, -0.15) is 5.10 Å². The molecular weight excluding hydrogens is 733 g/mol. The number of anilines is 1. The topological polar surface area (TPSA) is 97.3 Å². The number of carbonyl (C=O) groups is 1. The molecule has 0 aromatic heterocycles. The van der Waals surface area contributed by atoms with Gasteiger partial charge in [-0.3, -0.25) is 9.10 Å². The quantitative estimate of drug-likeness (QED) is 0.127. The number of halogens is 4. The largest absolute Gasteiger partial charge is 0.493 e. The van der Waals surface area contributed by atoms with Crippen LogP contribution in [0.5, 0.6) is 11.5 Å². The van der Waals surface area contributed by atoms with Crippen molar-refractivity contribution in [3.8, 4) is 11.5 Å². The summed E-state index contributed by atoms with van der Waals surface area (Å²) in [5.74, 6) is 0.245. The SMILES string of the molecule is COc1cc(C=NNC(=O)CN(c2ccc(Br)cc2)S(=O)(=O)c2ccccc2)cc(Br)c1OCc1ccc(Cl)c(Cl)c1. The van der Waals surface area contributed by atoms with Crippen LogP contribution in [0.3, 0.4) is 0 Å². The number of benzene rings is 4. The van der Waals surface area contributed by atoms with Gasteiger partial charge in [0.15, 0.2) is 11.5 Å². The lowest BCUT2D eigenvalue weighted by Gasteiger charge is -2.23. The first-order valence-electron chi connectivity index (χ1n) is 12.2. The minimum atomic E-state index is -4.03. The summed E-state index contributed by atoms with van der Waals surface area (Å²) >= 11 is 18.9. The van der Waals surface area contributed by atoms with E-state index in [1.54, 1.807) is 72.8 Å². The van der Waals surface area contributed by atoms with Crippen LogP contribution in [0, 0.1) is 0 Å². The lowest BCUT2D eigenvalue weighted by Crippen LogP contribution is -2.39. The van der Waals surface area contributed by atoms with Crippen LogP contribution >= 0.6 is 55.1 Å². The van der Waals surface area contributed by atoms with E-state index in [0.29, 0.717) is 37.3 Å². The number of methoxy groups -OCH3 is 1. The fourth-order valence-electron chi connectivity index (χ4n) is 3.73. The molecule has 0 saturated carbocycles. The number of ether oxygens (including phenoxy) is 2. The smallest absolute Gasteiger partial charge is 0.264 e. The summed E-state index contributed by atoms with van der Waals surface area (Å²) in [6, 6.07) is 23.1. The standard InChI is InChI=1S/C29H23Br2Cl2N3O5S/c1-40-27-15-20(13-24(31)29(27)41-18-19-7-12-25(32)26(33)14-19)16-34-35-28(37)17-36(22-10-8-21(30)9-11-22)42(38,39)23-5-3-2-4-6-23/h2-16H,17-18H2,1H3,(H,35,37). The van der Waals surface area contributed by atoms with Crippen molar-refractivity contribution in [3.05, 3.63) is 115 Å². The summed E-state index contributed by atoms with van der Waals surface area (Å²) in [7, 11) is -2.53. The molecule has 218 valence electrons. The zero-order valence-electron chi connectivity index (χ0n) is 21.9. The molecule has 13 heteroatoms. The Hall–Kier alpha value is -3.09. The molecule has 0 unspecified atom stereocenters. The van der Waals surface area contributed by atoms with Crippen LogP contribution in [0.15, 0.2) is 104 Å². The summed E-state index contributed by atoms with van der Waals surface area (Å²) in [5, 5.41) is 4.90. The summed E-state index contributed by atoms with van der Waals surface area (Å²) in [4.78, 5) is 12.9. The highest BCUT2D eigenvalue weighted by molar-refractivity contribution is 9.10. The molecule has 1 N–H and O–H groups in total. The molecule has 1 amide bonds. The maximum absolute atomic E-state index is 13.4. The van der Waals surface area contributed by atoms with Crippen LogP contribution in [0.1, 0.15) is 11.1 Å². The minimum absolute atomic E-state index is 0.0580. The zero-order chi connectivity index (χ0) is 30.3. The van der Waals surface area contributed by atoms with Gasteiger partial charge in [0, 0.05) is 4.47 Å². The van der Waals surface area contributed by atoms with Crippen LogP contribution in [-0.4, -0.2) is 34.2 Å². The van der Waals surface area contributed by atoms with E-state index in [4.69, 9.17) is 32.7 Å². The molecular formula is C29H23Br2Cl2N3O5S. The van der Waals surface area contributed by atoms with Gasteiger partial charge in [-0.05, 0) is 87.7 Å². The van der Waals surface area contributed by atoms with E-state index in [2.05, 4.69) is 42.4 Å². The second-order valence-corrected chi connectivity index (χ2v) is 13.1. The Balaban J connectivity index is 1.47. The summed E-state index contributed by atoms with van der Waals surface area (Å²) in [6.45, 7) is -0.277. The van der Waals surface area contributed by atoms with E-state index >= 15 is 0 Å². The van der Waals surface area contributed by atoms with E-state index in [1.165, 1.54) is 25.5 Å². The van der Waals surface area contributed by atoms with Crippen molar-refractivity contribution in [2.45, 2.75) is 11.5 Å². The molecule has 0 aliphatic rings. The normalized spacial score (nSPS) is 11.4. The maximum Gasteiger partial charge on any atom is 0.264 e. The molecule has 4 rings (SSSR count). The van der Waals surface area contributed by atoms with Gasteiger partial charge in [-0.25, -0.2) is 13.8 Å². The van der Waals surface area contributed by atoms with Gasteiger partial charge >= 0.3 is 0 Å². The van der Waals surface area contributed by atoms with Crippen LogP contribution in [0.4, 0.5) is 5.69 Å². The molecule has 0 heterocycles. The molecule has 42 heavy (non-hydrogen) atoms. The third-order valence-electron chi connectivity index (χ3n) is 5.75. The molecule has 0 atom stereocenters. The van der Waals surface area contributed by atoms with Gasteiger partial charge in [0.25, 0.3) is 15.9 Å². The van der Waals surface area contributed by atoms with Crippen molar-refractivity contribution < 1.29 is 22.7 Å². The number of nitrogens with zero attached hydrogens (tertiary/aromatic N) is 2. The number of carbonyl (C=O) groups excluding carboxylic acids is 1. The van der Waals surface area contributed by atoms with Gasteiger partial charge in [0.1, 0.15) is 13.2 Å². The van der Waals surface area contributed by atoms with Crippen LogP contribution in [-0.2, 0) is 21.4 Å². The highest BCUT2D eigenvalue weighted by Gasteiger charge is 2.27. The Bertz CT molecular complexity index is 1710. The second kappa shape index (κ2) is 14.4. The average Bonchev–Trinajstić information content (AvgIpc) is 2.97. The molecule has 4 aromatic carbocycles. The molecule has 0 fully saturated rings. The maximum atomic E-state index is 13.4. The van der Waals surface area contributed by atoms with Gasteiger partial charge < -0.3 is 9.47 Å². The van der Waals surface area contributed by atoms with Gasteiger partial charge in [-0.1, -0.05) is 63.4 Å². The van der Waals surface area contributed by atoms with E-state index < -0.39 is 22.5 Å². The van der Waals surface area contributed by atoms with Crippen molar-refractivity contribution in [2.24, 2.45) is 5.10 Å². The van der Waals surface area contributed by atoms with Crippen LogP contribution in [0.2, 0.25) is 10.0 Å². The Kier molecular flexibility index (Phi) is 10.9. The summed E-state index contributed by atoms with van der Waals surface area (Å²) in [6.07, 6.45) is 1.41. The monoisotopic (exact) mass is 753 g/mol. The first kappa shape index (κ1) is 31.8. The zero-order valence-corrected chi connectivity index (χ0v) is 27.4. The predicted molar refractivity (Wildman–Crippen MR) is 172 cm³/mol. The summed E-state index contributed by atoms with van der Waals surface area (Å²) < 4.78 is 40.6. The molecule has 0 radical (unpaired) electrons. The van der Waals surface area contributed by atoms with Crippen molar-refractivity contribution in [2.75, 3.05) is 18.0 Å². The number of hydrogen-bond acceptors (Lipinski definition) is 6. The van der Waals surface area contributed by atoms with Crippen molar-refractivity contribution >= 4 is 82.9 Å². The fourth-order valence-corrected chi connectivity index (χ4v) is 6.33. The molecule has 0 saturated heterocycles. The molecule has 0 aliphatic carbocycles. The van der Waals surface area contributed by atoms with Crippen LogP contribution < -0.4 is 19.2 Å². The molecule has 0 bridgehead atoms. The van der Waals surface area contributed by atoms with Gasteiger partial charge in [-0.15, -0.1) is 0 Å². The van der Waals surface area contributed by atoms with Crippen molar-refractivity contribution in [1.29, 1.82) is 0 Å². The van der Waals surface area contributed by atoms with Crippen molar-refractivity contribution in [1.82, 2.24) is 5.43 Å². The lowest BCUT2D eigenvalue weighted by atomic mass is 10.2. The van der Waals surface area contributed by atoms with E-state index in [9.17, 15) is 13.2 Å². The number of nitrogens with one attached hydrogen (secondary N) is 1. The number of hydrogen-bond donors (Lipinski definition) is 1. The number of hydrazone groups is 1. The second-order valence-electron chi connectivity index (χ2n) is 8.67. The molecule has 4 aromatic rings. The number of sulfonamides is 1. The van der Waals surface area contributed by atoms with E-state index in [-0.39, 0.29) is 11.5 Å². The third kappa shape index (κ3) is 8.05. The molecule has 0 spiro atoms. The highest BCUT2D eigenvalue weighted by atomic mass is 79.9. The van der Waals surface area contributed by atoms with Crippen LogP contribution in [0.25, 0.3) is 0 Å². The fraction of sp³-hybridized carbons (Fsp3) is 0.103.